The Kier molecular flexibility index (Phi) is 5.06. The maximum absolute atomic E-state index is 12.9. The van der Waals surface area contributed by atoms with Gasteiger partial charge in [0.15, 0.2) is 0 Å². The Morgan fingerprint density at radius 3 is 2.77 bits per heavy atom. The lowest BCUT2D eigenvalue weighted by Crippen LogP contribution is -2.46. The van der Waals surface area contributed by atoms with Crippen LogP contribution in [0.4, 0.5) is 5.95 Å². The molecular weight excluding hydrogens is 394 g/mol. The number of rotatable bonds is 4. The quantitative estimate of drug-likeness (QED) is 0.524. The van der Waals surface area contributed by atoms with E-state index >= 15 is 0 Å². The molecule has 2 aromatic carbocycles. The van der Waals surface area contributed by atoms with Gasteiger partial charge in [-0.15, -0.1) is 11.3 Å². The molecule has 0 radical (unpaired) electrons. The van der Waals surface area contributed by atoms with Gasteiger partial charge in [0.25, 0.3) is 5.91 Å². The van der Waals surface area contributed by atoms with Crippen molar-refractivity contribution < 1.29 is 4.79 Å². The van der Waals surface area contributed by atoms with E-state index in [1.807, 2.05) is 41.4 Å². The van der Waals surface area contributed by atoms with E-state index in [-0.39, 0.29) is 11.9 Å². The van der Waals surface area contributed by atoms with Crippen molar-refractivity contribution in [3.05, 3.63) is 65.2 Å². The van der Waals surface area contributed by atoms with Gasteiger partial charge in [-0.3, -0.25) is 4.79 Å². The van der Waals surface area contributed by atoms with Crippen LogP contribution in [0.3, 0.4) is 0 Å². The molecule has 1 fully saturated rings. The van der Waals surface area contributed by atoms with Gasteiger partial charge in [0.05, 0.1) is 16.4 Å². The van der Waals surface area contributed by atoms with Crippen LogP contribution in [0.1, 0.15) is 28.2 Å². The number of anilines is 1. The fourth-order valence-corrected chi connectivity index (χ4v) is 4.86. The topological polar surface area (TPSA) is 70.2 Å². The Labute approximate surface area is 179 Å². The molecule has 0 spiro atoms. The number of aromatic nitrogens is 2. The molecule has 1 saturated heterocycles. The SMILES string of the molecule is C[C@H](Nc1ncc2ccc3sc(C(=O)N4CCNCC4)cc3c2n1)c1ccccc1. The normalized spacial score (nSPS) is 15.4. The van der Waals surface area contributed by atoms with Crippen molar-refractivity contribution in [3.63, 3.8) is 0 Å². The Bertz CT molecular complexity index is 1200. The third-order valence-corrected chi connectivity index (χ3v) is 6.60. The van der Waals surface area contributed by atoms with Gasteiger partial charge in [0.2, 0.25) is 5.95 Å². The highest BCUT2D eigenvalue weighted by atomic mass is 32.1. The average Bonchev–Trinajstić information content (AvgIpc) is 3.25. The summed E-state index contributed by atoms with van der Waals surface area (Å²) in [6, 6.07) is 16.4. The van der Waals surface area contributed by atoms with E-state index in [1.165, 1.54) is 16.9 Å². The van der Waals surface area contributed by atoms with Gasteiger partial charge in [0, 0.05) is 47.8 Å². The molecule has 1 atom stereocenters. The van der Waals surface area contributed by atoms with E-state index in [4.69, 9.17) is 4.98 Å². The van der Waals surface area contributed by atoms with E-state index in [0.717, 1.165) is 52.0 Å². The summed E-state index contributed by atoms with van der Waals surface area (Å²) in [7, 11) is 0. The number of piperazine rings is 1. The molecule has 6 nitrogen and oxygen atoms in total. The first-order valence-electron chi connectivity index (χ1n) is 10.2. The minimum atomic E-state index is 0.0928. The molecule has 4 aromatic rings. The standard InChI is InChI=1S/C23H23N5OS/c1-15(16-5-3-2-4-6-16)26-23-25-14-17-7-8-19-18(21(17)27-23)13-20(30-19)22(29)28-11-9-24-10-12-28/h2-8,13-15,24H,9-12H2,1H3,(H,25,26,27)/t15-/m0/s1. The number of fused-ring (bicyclic) bond motifs is 3. The monoisotopic (exact) mass is 417 g/mol. The summed E-state index contributed by atoms with van der Waals surface area (Å²) in [6.45, 7) is 5.30. The van der Waals surface area contributed by atoms with Crippen LogP contribution in [0.2, 0.25) is 0 Å². The van der Waals surface area contributed by atoms with Crippen molar-refractivity contribution in [2.24, 2.45) is 0 Å². The van der Waals surface area contributed by atoms with Crippen molar-refractivity contribution in [2.75, 3.05) is 31.5 Å². The van der Waals surface area contributed by atoms with Crippen LogP contribution in [-0.4, -0.2) is 47.0 Å². The lowest BCUT2D eigenvalue weighted by molar-refractivity contribution is 0.0741. The predicted molar refractivity (Wildman–Crippen MR) is 122 cm³/mol. The number of hydrogen-bond acceptors (Lipinski definition) is 6. The Morgan fingerprint density at radius 2 is 1.97 bits per heavy atom. The maximum atomic E-state index is 12.9. The van der Waals surface area contributed by atoms with Gasteiger partial charge in [-0.1, -0.05) is 30.3 Å². The summed E-state index contributed by atoms with van der Waals surface area (Å²) in [5.74, 6) is 0.698. The van der Waals surface area contributed by atoms with Gasteiger partial charge in [0.1, 0.15) is 0 Å². The molecule has 0 unspecified atom stereocenters. The number of nitrogens with zero attached hydrogens (tertiary/aromatic N) is 3. The van der Waals surface area contributed by atoms with Crippen LogP contribution in [0.15, 0.2) is 54.7 Å². The lowest BCUT2D eigenvalue weighted by atomic mass is 10.1. The molecule has 3 heterocycles. The summed E-state index contributed by atoms with van der Waals surface area (Å²) in [4.78, 5) is 24.9. The highest BCUT2D eigenvalue weighted by molar-refractivity contribution is 7.21. The predicted octanol–water partition coefficient (Wildman–Crippen LogP) is 4.06. The summed E-state index contributed by atoms with van der Waals surface area (Å²) in [6.07, 6.45) is 1.84. The second kappa shape index (κ2) is 8.01. The molecule has 0 saturated carbocycles. The fourth-order valence-electron chi connectivity index (χ4n) is 3.83. The lowest BCUT2D eigenvalue weighted by Gasteiger charge is -2.26. The van der Waals surface area contributed by atoms with Crippen molar-refractivity contribution in [2.45, 2.75) is 13.0 Å². The number of benzene rings is 2. The van der Waals surface area contributed by atoms with Gasteiger partial charge in [-0.25, -0.2) is 9.97 Å². The number of amides is 1. The van der Waals surface area contributed by atoms with Crippen LogP contribution in [0, 0.1) is 0 Å². The fraction of sp³-hybridized carbons (Fsp3) is 0.261. The summed E-state index contributed by atoms with van der Waals surface area (Å²) in [5, 5.41) is 8.67. The van der Waals surface area contributed by atoms with Crippen molar-refractivity contribution in [1.29, 1.82) is 0 Å². The Hall–Kier alpha value is -3.03. The third kappa shape index (κ3) is 3.62. The van der Waals surface area contributed by atoms with E-state index in [1.54, 1.807) is 0 Å². The molecule has 7 heteroatoms. The summed E-state index contributed by atoms with van der Waals surface area (Å²) in [5.41, 5.74) is 2.06. The first kappa shape index (κ1) is 19.0. The number of carbonyl (C=O) groups is 1. The van der Waals surface area contributed by atoms with Crippen LogP contribution < -0.4 is 10.6 Å². The molecule has 1 aliphatic rings. The Balaban J connectivity index is 1.48. The molecule has 2 aromatic heterocycles. The van der Waals surface area contributed by atoms with Crippen LogP contribution in [0.25, 0.3) is 21.0 Å². The van der Waals surface area contributed by atoms with E-state index in [9.17, 15) is 4.79 Å². The zero-order valence-electron chi connectivity index (χ0n) is 16.8. The minimum Gasteiger partial charge on any atom is -0.348 e. The number of nitrogens with one attached hydrogen (secondary N) is 2. The molecule has 0 aliphatic carbocycles. The molecule has 1 aliphatic heterocycles. The van der Waals surface area contributed by atoms with Crippen LogP contribution in [-0.2, 0) is 0 Å². The number of hydrogen-bond donors (Lipinski definition) is 2. The van der Waals surface area contributed by atoms with Crippen molar-refractivity contribution in [3.8, 4) is 0 Å². The van der Waals surface area contributed by atoms with E-state index in [0.29, 0.717) is 5.95 Å². The summed E-state index contributed by atoms with van der Waals surface area (Å²) >= 11 is 1.54. The van der Waals surface area contributed by atoms with Crippen molar-refractivity contribution >= 4 is 44.2 Å². The van der Waals surface area contributed by atoms with Crippen LogP contribution >= 0.6 is 11.3 Å². The molecule has 2 N–H and O–H groups in total. The zero-order valence-corrected chi connectivity index (χ0v) is 17.6. The van der Waals surface area contributed by atoms with Gasteiger partial charge in [-0.05, 0) is 30.7 Å². The van der Waals surface area contributed by atoms with E-state index in [2.05, 4.69) is 40.7 Å². The second-order valence-corrected chi connectivity index (χ2v) is 8.62. The van der Waals surface area contributed by atoms with Gasteiger partial charge < -0.3 is 15.5 Å². The highest BCUT2D eigenvalue weighted by Crippen LogP contribution is 2.32. The van der Waals surface area contributed by atoms with Gasteiger partial charge >= 0.3 is 0 Å². The zero-order chi connectivity index (χ0) is 20.5. The summed E-state index contributed by atoms with van der Waals surface area (Å²) < 4.78 is 1.07. The average molecular weight is 418 g/mol. The molecule has 30 heavy (non-hydrogen) atoms. The molecule has 5 rings (SSSR count). The molecular formula is C23H23N5OS. The first-order valence-corrected chi connectivity index (χ1v) is 11.0. The molecule has 0 bridgehead atoms. The van der Waals surface area contributed by atoms with Crippen LogP contribution in [0.5, 0.6) is 0 Å². The van der Waals surface area contributed by atoms with E-state index < -0.39 is 0 Å². The first-order chi connectivity index (χ1) is 14.7. The molecule has 1 amide bonds. The second-order valence-electron chi connectivity index (χ2n) is 7.54. The third-order valence-electron chi connectivity index (χ3n) is 5.51. The smallest absolute Gasteiger partial charge is 0.264 e. The maximum Gasteiger partial charge on any atom is 0.264 e. The minimum absolute atomic E-state index is 0.0928. The number of thiophene rings is 1. The number of carbonyl (C=O) groups excluding carboxylic acids is 1. The Morgan fingerprint density at radius 1 is 1.17 bits per heavy atom. The van der Waals surface area contributed by atoms with Gasteiger partial charge in [-0.2, -0.15) is 0 Å². The highest BCUT2D eigenvalue weighted by Gasteiger charge is 2.21. The largest absolute Gasteiger partial charge is 0.348 e. The van der Waals surface area contributed by atoms with Crippen molar-refractivity contribution in [1.82, 2.24) is 20.2 Å². The molecule has 152 valence electrons.